The number of hydrogen-bond donors (Lipinski definition) is 1. The zero-order valence-electron chi connectivity index (χ0n) is 12.5. The first-order valence-electron chi connectivity index (χ1n) is 7.36. The van der Waals surface area contributed by atoms with Gasteiger partial charge in [0.2, 0.25) is 0 Å². The predicted molar refractivity (Wildman–Crippen MR) is 80.9 cm³/mol. The van der Waals surface area contributed by atoms with Crippen LogP contribution in [0.3, 0.4) is 0 Å². The highest BCUT2D eigenvalue weighted by molar-refractivity contribution is 5.91. The van der Waals surface area contributed by atoms with E-state index in [1.54, 1.807) is 18.2 Å². The maximum Gasteiger partial charge on any atom is 0.418 e. The van der Waals surface area contributed by atoms with Gasteiger partial charge in [-0.3, -0.25) is 0 Å². The maximum atomic E-state index is 13.8. The van der Waals surface area contributed by atoms with E-state index in [2.05, 4.69) is 5.32 Å². The molecular weight excluding hydrogens is 324 g/mol. The van der Waals surface area contributed by atoms with Crippen LogP contribution in [0.2, 0.25) is 0 Å². The van der Waals surface area contributed by atoms with Gasteiger partial charge in [0.15, 0.2) is 0 Å². The van der Waals surface area contributed by atoms with Crippen molar-refractivity contribution in [3.63, 3.8) is 0 Å². The number of carbonyl (C=O) groups excluding carboxylic acids is 1. The summed E-state index contributed by atoms with van der Waals surface area (Å²) < 4.78 is 52.8. The third-order valence-corrected chi connectivity index (χ3v) is 4.02. The molecular formula is C17H14F4N2O. The van der Waals surface area contributed by atoms with Crippen LogP contribution in [0.5, 0.6) is 0 Å². The molecule has 0 aliphatic carbocycles. The van der Waals surface area contributed by atoms with E-state index in [4.69, 9.17) is 0 Å². The number of halogens is 4. The third-order valence-electron chi connectivity index (χ3n) is 4.02. The Labute approximate surface area is 135 Å². The van der Waals surface area contributed by atoms with Crippen molar-refractivity contribution in [2.45, 2.75) is 18.6 Å². The maximum absolute atomic E-state index is 13.8. The van der Waals surface area contributed by atoms with Gasteiger partial charge in [0, 0.05) is 12.1 Å². The van der Waals surface area contributed by atoms with Gasteiger partial charge in [0.05, 0.1) is 17.3 Å². The van der Waals surface area contributed by atoms with Crippen LogP contribution in [0.15, 0.2) is 48.5 Å². The molecule has 1 saturated heterocycles. The Morgan fingerprint density at radius 1 is 1.08 bits per heavy atom. The van der Waals surface area contributed by atoms with Crippen LogP contribution in [-0.4, -0.2) is 17.5 Å². The smallest absolute Gasteiger partial charge is 0.317 e. The van der Waals surface area contributed by atoms with Gasteiger partial charge in [-0.05, 0) is 24.6 Å². The molecule has 1 atom stereocenters. The fraction of sp³-hybridized carbons (Fsp3) is 0.235. The van der Waals surface area contributed by atoms with Crippen molar-refractivity contribution < 1.29 is 22.4 Å². The molecule has 0 saturated carbocycles. The summed E-state index contributed by atoms with van der Waals surface area (Å²) in [6.45, 7) is 0.360. The molecule has 7 heteroatoms. The van der Waals surface area contributed by atoms with Gasteiger partial charge in [-0.15, -0.1) is 0 Å². The van der Waals surface area contributed by atoms with Crippen molar-refractivity contribution in [2.75, 3.05) is 11.9 Å². The number of anilines is 1. The molecule has 2 aromatic rings. The van der Waals surface area contributed by atoms with Crippen molar-refractivity contribution in [1.29, 1.82) is 0 Å². The average Bonchev–Trinajstić information content (AvgIpc) is 2.48. The SMILES string of the molecule is O=C(Nc1ccccc1C(F)(F)F)N1CC[C@H]1c1ccccc1F. The molecule has 1 heterocycles. The predicted octanol–water partition coefficient (Wildman–Crippen LogP) is 4.82. The van der Waals surface area contributed by atoms with E-state index in [0.29, 0.717) is 18.5 Å². The molecule has 0 unspecified atom stereocenters. The number of hydrogen-bond acceptors (Lipinski definition) is 1. The number of urea groups is 1. The van der Waals surface area contributed by atoms with Gasteiger partial charge in [0.25, 0.3) is 0 Å². The highest BCUT2D eigenvalue weighted by Crippen LogP contribution is 2.37. The van der Waals surface area contributed by atoms with Crippen molar-refractivity contribution >= 4 is 11.7 Å². The lowest BCUT2D eigenvalue weighted by Gasteiger charge is -2.41. The molecule has 1 aliphatic rings. The van der Waals surface area contributed by atoms with Crippen molar-refractivity contribution in [1.82, 2.24) is 4.90 Å². The molecule has 1 N–H and O–H groups in total. The van der Waals surface area contributed by atoms with Crippen LogP contribution in [0.4, 0.5) is 28.0 Å². The summed E-state index contributed by atoms with van der Waals surface area (Å²) in [5.41, 5.74) is -0.862. The number of likely N-dealkylation sites (tertiary alicyclic amines) is 1. The van der Waals surface area contributed by atoms with E-state index in [-0.39, 0.29) is 5.69 Å². The van der Waals surface area contributed by atoms with Gasteiger partial charge >= 0.3 is 12.2 Å². The summed E-state index contributed by atoms with van der Waals surface area (Å²) in [6.07, 6.45) is -4.00. The molecule has 3 rings (SSSR count). The Kier molecular flexibility index (Phi) is 4.17. The molecule has 0 aromatic heterocycles. The van der Waals surface area contributed by atoms with Crippen LogP contribution >= 0.6 is 0 Å². The Morgan fingerprint density at radius 2 is 1.75 bits per heavy atom. The standard InChI is InChI=1S/C17H14F4N2O/c18-13-7-3-1-5-11(13)15-9-10-23(15)16(24)22-14-8-4-2-6-12(14)17(19,20)21/h1-8,15H,9-10H2,(H,22,24)/t15-/m0/s1. The number of alkyl halides is 3. The molecule has 126 valence electrons. The van der Waals surface area contributed by atoms with E-state index in [0.717, 1.165) is 6.07 Å². The van der Waals surface area contributed by atoms with Crippen molar-refractivity contribution in [3.8, 4) is 0 Å². The number of nitrogens with zero attached hydrogens (tertiary/aromatic N) is 1. The second-order valence-electron chi connectivity index (χ2n) is 5.49. The topological polar surface area (TPSA) is 32.3 Å². The van der Waals surface area contributed by atoms with Crippen LogP contribution in [0.25, 0.3) is 0 Å². The van der Waals surface area contributed by atoms with E-state index in [1.807, 2.05) is 0 Å². The molecule has 24 heavy (non-hydrogen) atoms. The number of carbonyl (C=O) groups is 1. The minimum absolute atomic E-state index is 0.311. The fourth-order valence-electron chi connectivity index (χ4n) is 2.73. The van der Waals surface area contributed by atoms with Gasteiger partial charge in [-0.25, -0.2) is 9.18 Å². The van der Waals surface area contributed by atoms with Gasteiger partial charge < -0.3 is 10.2 Å². The molecule has 0 radical (unpaired) electrons. The lowest BCUT2D eigenvalue weighted by Crippen LogP contribution is -2.47. The van der Waals surface area contributed by atoms with Crippen LogP contribution in [-0.2, 0) is 6.18 Å². The molecule has 0 bridgehead atoms. The Morgan fingerprint density at radius 3 is 2.38 bits per heavy atom. The van der Waals surface area contributed by atoms with Gasteiger partial charge in [-0.1, -0.05) is 30.3 Å². The normalized spacial score (nSPS) is 17.3. The lowest BCUT2D eigenvalue weighted by molar-refractivity contribution is -0.136. The third kappa shape index (κ3) is 3.06. The first-order valence-corrected chi connectivity index (χ1v) is 7.36. The Balaban J connectivity index is 1.78. The van der Waals surface area contributed by atoms with Gasteiger partial charge in [-0.2, -0.15) is 13.2 Å². The van der Waals surface area contributed by atoms with Crippen LogP contribution in [0.1, 0.15) is 23.6 Å². The summed E-state index contributed by atoms with van der Waals surface area (Å²) in [5, 5.41) is 2.28. The summed E-state index contributed by atoms with van der Waals surface area (Å²) in [4.78, 5) is 13.6. The molecule has 1 fully saturated rings. The summed E-state index contributed by atoms with van der Waals surface area (Å²) in [5.74, 6) is -0.435. The van der Waals surface area contributed by atoms with Crippen molar-refractivity contribution in [3.05, 3.63) is 65.5 Å². The first kappa shape index (κ1) is 16.3. The van der Waals surface area contributed by atoms with E-state index in [1.165, 1.54) is 29.2 Å². The minimum atomic E-state index is -4.57. The van der Waals surface area contributed by atoms with Crippen LogP contribution < -0.4 is 5.32 Å². The Hall–Kier alpha value is -2.57. The van der Waals surface area contributed by atoms with Crippen molar-refractivity contribution in [2.24, 2.45) is 0 Å². The van der Waals surface area contributed by atoms with Crippen LogP contribution in [0, 0.1) is 5.82 Å². The highest BCUT2D eigenvalue weighted by atomic mass is 19.4. The molecule has 3 nitrogen and oxygen atoms in total. The largest absolute Gasteiger partial charge is 0.418 e. The molecule has 2 amide bonds. The average molecular weight is 338 g/mol. The molecule has 1 aliphatic heterocycles. The zero-order chi connectivity index (χ0) is 17.3. The summed E-state index contributed by atoms with van der Waals surface area (Å²) in [7, 11) is 0. The van der Waals surface area contributed by atoms with E-state index in [9.17, 15) is 22.4 Å². The number of para-hydroxylation sites is 1. The zero-order valence-corrected chi connectivity index (χ0v) is 12.5. The van der Waals surface area contributed by atoms with E-state index < -0.39 is 29.6 Å². The lowest BCUT2D eigenvalue weighted by atomic mass is 9.95. The highest BCUT2D eigenvalue weighted by Gasteiger charge is 2.37. The first-order chi connectivity index (χ1) is 11.4. The molecule has 2 aromatic carbocycles. The summed E-state index contributed by atoms with van der Waals surface area (Å²) >= 11 is 0. The second kappa shape index (κ2) is 6.14. The fourth-order valence-corrected chi connectivity index (χ4v) is 2.73. The summed E-state index contributed by atoms with van der Waals surface area (Å²) in [6, 6.07) is 9.69. The van der Waals surface area contributed by atoms with E-state index >= 15 is 0 Å². The molecule has 0 spiro atoms. The number of rotatable bonds is 2. The number of benzene rings is 2. The quantitative estimate of drug-likeness (QED) is 0.782. The Bertz CT molecular complexity index is 760. The minimum Gasteiger partial charge on any atom is -0.317 e. The number of amides is 2. The monoisotopic (exact) mass is 338 g/mol. The number of nitrogens with one attached hydrogen (secondary N) is 1. The second-order valence-corrected chi connectivity index (χ2v) is 5.49. The van der Waals surface area contributed by atoms with Gasteiger partial charge in [0.1, 0.15) is 5.82 Å².